The van der Waals surface area contributed by atoms with Crippen molar-refractivity contribution in [2.24, 2.45) is 4.99 Å². The number of nitrogens with zero attached hydrogens (tertiary/aromatic N) is 1. The molecule has 0 saturated carbocycles. The van der Waals surface area contributed by atoms with Gasteiger partial charge in [-0.05, 0) is 31.5 Å². The minimum absolute atomic E-state index is 0.132. The monoisotopic (exact) mass is 272 g/mol. The highest BCUT2D eigenvalue weighted by Crippen LogP contribution is 2.24. The van der Waals surface area contributed by atoms with E-state index >= 15 is 0 Å². The van der Waals surface area contributed by atoms with Crippen LogP contribution in [-0.2, 0) is 4.74 Å². The molecule has 0 aliphatic carbocycles. The molecular weight excluding hydrogens is 256 g/mol. The Morgan fingerprint density at radius 1 is 1.71 bits per heavy atom. The normalized spacial score (nSPS) is 21.0. The summed E-state index contributed by atoms with van der Waals surface area (Å²) in [6.45, 7) is 3.54. The summed E-state index contributed by atoms with van der Waals surface area (Å²) < 4.78 is 6.10. The Bertz CT molecular complexity index is 458. The summed E-state index contributed by atoms with van der Waals surface area (Å²) in [7, 11) is 0. The molecule has 94 valence electrons. The summed E-state index contributed by atoms with van der Waals surface area (Å²) in [4.78, 5) is 8.03. The van der Waals surface area contributed by atoms with Gasteiger partial charge in [0.2, 0.25) is 5.88 Å². The number of hydrogen-bond donors (Lipinski definition) is 2. The number of aromatic amines is 1. The first kappa shape index (κ1) is 12.7. The Kier molecular flexibility index (Phi) is 4.31. The lowest BCUT2D eigenvalue weighted by Gasteiger charge is -2.07. The van der Waals surface area contributed by atoms with E-state index in [2.05, 4.69) is 9.98 Å². The van der Waals surface area contributed by atoms with Crippen molar-refractivity contribution in [2.45, 2.75) is 32.3 Å². The van der Waals surface area contributed by atoms with Crippen molar-refractivity contribution in [1.29, 1.82) is 0 Å². The summed E-state index contributed by atoms with van der Waals surface area (Å²) >= 11 is 6.37. The predicted molar refractivity (Wildman–Crippen MR) is 71.8 cm³/mol. The van der Waals surface area contributed by atoms with Gasteiger partial charge in [0, 0.05) is 6.61 Å². The summed E-state index contributed by atoms with van der Waals surface area (Å²) in [6, 6.07) is 0. The van der Waals surface area contributed by atoms with Crippen LogP contribution >= 0.6 is 23.6 Å². The van der Waals surface area contributed by atoms with Gasteiger partial charge in [-0.2, -0.15) is 0 Å². The van der Waals surface area contributed by atoms with Gasteiger partial charge in [0.1, 0.15) is 4.88 Å². The average molecular weight is 272 g/mol. The lowest BCUT2D eigenvalue weighted by atomic mass is 10.2. The Morgan fingerprint density at radius 2 is 2.53 bits per heavy atom. The molecule has 2 N–H and O–H groups in total. The van der Waals surface area contributed by atoms with Gasteiger partial charge in [0.25, 0.3) is 0 Å². The zero-order chi connectivity index (χ0) is 12.3. The average Bonchev–Trinajstić information content (AvgIpc) is 2.90. The summed E-state index contributed by atoms with van der Waals surface area (Å²) in [6.07, 6.45) is 3.22. The standard InChI is InChI=1S/C11H16N2O2S2/c1-2-8(9-10(14)13-11(16)17-9)12-6-7-4-3-5-15-7/h7,14H,2-6H2,1H3,(H,13,16)/t7-/m0/s1. The maximum absolute atomic E-state index is 9.70. The number of hydrogen-bond acceptors (Lipinski definition) is 5. The molecule has 1 aliphatic rings. The fourth-order valence-electron chi connectivity index (χ4n) is 1.86. The van der Waals surface area contributed by atoms with Gasteiger partial charge in [0.15, 0.2) is 3.95 Å². The molecule has 1 atom stereocenters. The Labute approximate surface area is 109 Å². The largest absolute Gasteiger partial charge is 0.493 e. The topological polar surface area (TPSA) is 57.6 Å². The Balaban J connectivity index is 2.12. The molecule has 1 fully saturated rings. The molecule has 6 heteroatoms. The van der Waals surface area contributed by atoms with Crippen molar-refractivity contribution in [1.82, 2.24) is 4.98 Å². The highest BCUT2D eigenvalue weighted by molar-refractivity contribution is 7.73. The van der Waals surface area contributed by atoms with Crippen LogP contribution in [0.5, 0.6) is 5.88 Å². The first-order valence-electron chi connectivity index (χ1n) is 5.78. The number of aliphatic imine (C=N–C) groups is 1. The van der Waals surface area contributed by atoms with Crippen LogP contribution in [0, 0.1) is 3.95 Å². The van der Waals surface area contributed by atoms with E-state index in [9.17, 15) is 5.11 Å². The van der Waals surface area contributed by atoms with Gasteiger partial charge in [-0.25, -0.2) is 0 Å². The molecule has 0 unspecified atom stereocenters. The molecule has 2 rings (SSSR count). The third-order valence-corrected chi connectivity index (χ3v) is 4.01. The number of aromatic hydroxyl groups is 1. The molecule has 4 nitrogen and oxygen atoms in total. The number of thiazole rings is 1. The van der Waals surface area contributed by atoms with Crippen LogP contribution < -0.4 is 0 Å². The van der Waals surface area contributed by atoms with E-state index < -0.39 is 0 Å². The van der Waals surface area contributed by atoms with Crippen LogP contribution in [0.4, 0.5) is 0 Å². The van der Waals surface area contributed by atoms with Gasteiger partial charge in [0.05, 0.1) is 18.4 Å². The third-order valence-electron chi connectivity index (χ3n) is 2.74. The van der Waals surface area contributed by atoms with Crippen LogP contribution in [0.3, 0.4) is 0 Å². The lowest BCUT2D eigenvalue weighted by molar-refractivity contribution is 0.118. The molecule has 0 bridgehead atoms. The number of nitrogens with one attached hydrogen (secondary N) is 1. The van der Waals surface area contributed by atoms with E-state index in [0.29, 0.717) is 10.5 Å². The van der Waals surface area contributed by atoms with Crippen molar-refractivity contribution < 1.29 is 9.84 Å². The van der Waals surface area contributed by atoms with Crippen molar-refractivity contribution in [2.75, 3.05) is 13.2 Å². The highest BCUT2D eigenvalue weighted by atomic mass is 32.1. The van der Waals surface area contributed by atoms with Gasteiger partial charge in [-0.15, -0.1) is 0 Å². The molecular formula is C11H16N2O2S2. The quantitative estimate of drug-likeness (QED) is 0.654. The van der Waals surface area contributed by atoms with Crippen molar-refractivity contribution >= 4 is 29.3 Å². The van der Waals surface area contributed by atoms with E-state index in [0.717, 1.165) is 36.5 Å². The number of rotatable bonds is 4. The molecule has 0 aromatic carbocycles. The van der Waals surface area contributed by atoms with Gasteiger partial charge < -0.3 is 14.8 Å². The van der Waals surface area contributed by atoms with Gasteiger partial charge in [-0.3, -0.25) is 4.99 Å². The van der Waals surface area contributed by atoms with Gasteiger partial charge >= 0.3 is 0 Å². The predicted octanol–water partition coefficient (Wildman–Crippen LogP) is 2.89. The molecule has 1 aliphatic heterocycles. The van der Waals surface area contributed by atoms with Crippen LogP contribution in [0.1, 0.15) is 31.1 Å². The molecule has 0 amide bonds. The third kappa shape index (κ3) is 3.14. The van der Waals surface area contributed by atoms with E-state index in [-0.39, 0.29) is 12.0 Å². The first-order chi connectivity index (χ1) is 8.20. The molecule has 0 spiro atoms. The zero-order valence-electron chi connectivity index (χ0n) is 9.73. The SMILES string of the molecule is CCC(=NC[C@@H]1CCCO1)c1sc(=S)[nH]c1O. The fraction of sp³-hybridized carbons (Fsp3) is 0.636. The molecule has 2 heterocycles. The second kappa shape index (κ2) is 5.75. The zero-order valence-corrected chi connectivity index (χ0v) is 11.4. The van der Waals surface area contributed by atoms with E-state index in [1.54, 1.807) is 0 Å². The molecule has 0 radical (unpaired) electrons. The van der Waals surface area contributed by atoms with Crippen molar-refractivity contribution in [3.63, 3.8) is 0 Å². The smallest absolute Gasteiger partial charge is 0.209 e. The van der Waals surface area contributed by atoms with Crippen molar-refractivity contribution in [3.05, 3.63) is 8.83 Å². The fourth-order valence-corrected chi connectivity index (χ4v) is 3.01. The summed E-state index contributed by atoms with van der Waals surface area (Å²) in [5.41, 5.74) is 0.898. The van der Waals surface area contributed by atoms with Crippen LogP contribution in [0.15, 0.2) is 4.99 Å². The minimum atomic E-state index is 0.132. The van der Waals surface area contributed by atoms with E-state index in [1.165, 1.54) is 11.3 Å². The molecule has 1 aromatic rings. The first-order valence-corrected chi connectivity index (χ1v) is 7.00. The number of ether oxygens (including phenoxy) is 1. The highest BCUT2D eigenvalue weighted by Gasteiger charge is 2.16. The van der Waals surface area contributed by atoms with Crippen molar-refractivity contribution in [3.8, 4) is 5.88 Å². The van der Waals surface area contributed by atoms with Crippen LogP contribution in [0.25, 0.3) is 0 Å². The molecule has 1 aromatic heterocycles. The molecule has 17 heavy (non-hydrogen) atoms. The Morgan fingerprint density at radius 3 is 3.06 bits per heavy atom. The number of H-pyrrole nitrogens is 1. The maximum atomic E-state index is 9.70. The van der Waals surface area contributed by atoms with E-state index in [4.69, 9.17) is 17.0 Å². The maximum Gasteiger partial charge on any atom is 0.209 e. The lowest BCUT2D eigenvalue weighted by Crippen LogP contribution is -2.11. The summed E-state index contributed by atoms with van der Waals surface area (Å²) in [5, 5.41) is 9.70. The van der Waals surface area contributed by atoms with Crippen LogP contribution in [0.2, 0.25) is 0 Å². The van der Waals surface area contributed by atoms with Crippen LogP contribution in [-0.4, -0.2) is 35.1 Å². The second-order valence-electron chi connectivity index (χ2n) is 3.97. The minimum Gasteiger partial charge on any atom is -0.493 e. The van der Waals surface area contributed by atoms with Gasteiger partial charge in [-0.1, -0.05) is 18.3 Å². The summed E-state index contributed by atoms with van der Waals surface area (Å²) in [5.74, 6) is 0.132. The number of aromatic nitrogens is 1. The molecule has 1 saturated heterocycles. The second-order valence-corrected chi connectivity index (χ2v) is 5.66. The van der Waals surface area contributed by atoms with E-state index in [1.807, 2.05) is 6.92 Å². The Hall–Kier alpha value is -0.720.